The lowest BCUT2D eigenvalue weighted by atomic mass is 9.61. The van der Waals surface area contributed by atoms with E-state index in [-0.39, 0.29) is 25.0 Å². The Balaban J connectivity index is 0.00000294. The smallest absolute Gasteiger partial charge is 0.230 e. The first kappa shape index (κ1) is 24.7. The molecular weight excluding hydrogens is 464 g/mol. The van der Waals surface area contributed by atoms with Crippen LogP contribution in [0.3, 0.4) is 0 Å². The molecule has 1 spiro atoms. The number of hydrogen-bond donors (Lipinski definition) is 1. The zero-order chi connectivity index (χ0) is 25.8. The van der Waals surface area contributed by atoms with Crippen LogP contribution in [0.25, 0.3) is 0 Å². The van der Waals surface area contributed by atoms with Gasteiger partial charge in [-0.1, -0.05) is 6.07 Å². The van der Waals surface area contributed by atoms with Gasteiger partial charge in [-0.3, -0.25) is 4.79 Å². The third-order valence-corrected chi connectivity index (χ3v) is 8.63. The summed E-state index contributed by atoms with van der Waals surface area (Å²) in [5.41, 5.74) is 4.39. The van der Waals surface area contributed by atoms with Gasteiger partial charge in [0.1, 0.15) is 5.82 Å². The highest BCUT2D eigenvalue weighted by molar-refractivity contribution is 6.00. The molecule has 2 aliphatic carbocycles. The highest BCUT2D eigenvalue weighted by Gasteiger charge is 2.52. The number of ether oxygens (including phenoxy) is 2. The Bertz CT molecular complexity index is 1160. The van der Waals surface area contributed by atoms with Gasteiger partial charge in [0.2, 0.25) is 5.91 Å². The van der Waals surface area contributed by atoms with Crippen LogP contribution in [-0.4, -0.2) is 48.9 Å². The molecule has 1 saturated heterocycles. The number of benzene rings is 1. The van der Waals surface area contributed by atoms with Crippen molar-refractivity contribution in [1.29, 1.82) is 0 Å². The summed E-state index contributed by atoms with van der Waals surface area (Å²) in [6, 6.07) is 10.5. The lowest BCUT2D eigenvalue weighted by molar-refractivity contribution is -0.126. The van der Waals surface area contributed by atoms with E-state index in [1.54, 1.807) is 6.20 Å². The van der Waals surface area contributed by atoms with Crippen molar-refractivity contribution in [3.8, 4) is 0 Å². The molecule has 6 rings (SSSR count). The van der Waals surface area contributed by atoms with Crippen molar-refractivity contribution < 1.29 is 15.7 Å². The molecule has 2 aromatic rings. The Labute approximate surface area is 222 Å². The Hall–Kier alpha value is -2.64. The van der Waals surface area contributed by atoms with Crippen molar-refractivity contribution in [3.63, 3.8) is 0 Å². The van der Waals surface area contributed by atoms with E-state index >= 15 is 0 Å². The predicted octanol–water partition coefficient (Wildman–Crippen LogP) is 5.91. The first-order chi connectivity index (χ1) is 17.7. The molecule has 1 aromatic carbocycles. The molecule has 0 atom stereocenters. The number of rotatable bonds is 4. The largest absolute Gasteiger partial charge is 0.381 e. The van der Waals surface area contributed by atoms with Gasteiger partial charge in [0.05, 0.1) is 35.7 Å². The van der Waals surface area contributed by atoms with Gasteiger partial charge in [-0.15, -0.1) is 0 Å². The number of anilines is 4. The second-order valence-corrected chi connectivity index (χ2v) is 12.6. The zero-order valence-corrected chi connectivity index (χ0v) is 22.6. The summed E-state index contributed by atoms with van der Waals surface area (Å²) >= 11 is 0. The van der Waals surface area contributed by atoms with E-state index in [9.17, 15) is 4.79 Å². The fourth-order valence-electron chi connectivity index (χ4n) is 6.73. The Kier molecular flexibility index (Phi) is 6.19. The minimum atomic E-state index is -0.149. The quantitative estimate of drug-likeness (QED) is 0.556. The van der Waals surface area contributed by atoms with E-state index in [0.29, 0.717) is 18.1 Å². The number of pyridine rings is 1. The Morgan fingerprint density at radius 2 is 1.86 bits per heavy atom. The van der Waals surface area contributed by atoms with Crippen molar-refractivity contribution in [3.05, 3.63) is 42.1 Å². The maximum atomic E-state index is 14.1. The molecule has 0 radical (unpaired) electrons. The van der Waals surface area contributed by atoms with E-state index in [1.807, 2.05) is 18.1 Å². The van der Waals surface area contributed by atoms with Gasteiger partial charge in [-0.05, 0) is 83.6 Å². The third kappa shape index (κ3) is 4.84. The molecule has 37 heavy (non-hydrogen) atoms. The van der Waals surface area contributed by atoms with E-state index in [2.05, 4.69) is 60.2 Å². The van der Waals surface area contributed by atoms with Gasteiger partial charge in [0, 0.05) is 50.4 Å². The fourth-order valence-corrected chi connectivity index (χ4v) is 6.73. The molecule has 1 N–H and O–H groups in total. The lowest BCUT2D eigenvalue weighted by Crippen LogP contribution is -2.64. The minimum Gasteiger partial charge on any atom is -0.381 e. The van der Waals surface area contributed by atoms with Crippen LogP contribution in [0, 0.1) is 11.3 Å². The number of aromatic nitrogens is 1. The second kappa shape index (κ2) is 9.28. The molecule has 1 aromatic heterocycles. The molecule has 7 nitrogen and oxygen atoms in total. The van der Waals surface area contributed by atoms with Crippen LogP contribution in [0.15, 0.2) is 36.5 Å². The zero-order valence-electron chi connectivity index (χ0n) is 22.6. The fraction of sp³-hybridized carbons (Fsp3) is 0.600. The highest BCUT2D eigenvalue weighted by atomic mass is 16.5. The number of methoxy groups -OCH3 is 1. The number of nitrogens with one attached hydrogen (secondary N) is 1. The summed E-state index contributed by atoms with van der Waals surface area (Å²) in [6.45, 7) is 8.97. The van der Waals surface area contributed by atoms with Gasteiger partial charge in [-0.25, -0.2) is 4.98 Å². The van der Waals surface area contributed by atoms with Crippen LogP contribution in [0.5, 0.6) is 0 Å². The number of amides is 1. The monoisotopic (exact) mass is 506 g/mol. The van der Waals surface area contributed by atoms with Crippen molar-refractivity contribution >= 4 is 28.8 Å². The first-order valence-corrected chi connectivity index (χ1v) is 13.8. The van der Waals surface area contributed by atoms with Crippen LogP contribution in [-0.2, 0) is 20.8 Å². The summed E-state index contributed by atoms with van der Waals surface area (Å²) in [5.74, 6) is 1.06. The SMILES string of the molecule is COC1CC2(C1)CN(c1ccc3c(c1)N(C(=O)C1CCC(OC(C)(C)C)CC1)Cc1cccnc1N3)C2.[HH]. The number of hydrogen-bond acceptors (Lipinski definition) is 6. The van der Waals surface area contributed by atoms with E-state index in [1.165, 1.54) is 5.69 Å². The number of carbonyl (C=O) groups excluding carboxylic acids is 1. The van der Waals surface area contributed by atoms with Gasteiger partial charge in [0.25, 0.3) is 0 Å². The normalized spacial score (nSPS) is 24.9. The number of fused-ring (bicyclic) bond motifs is 2. The summed E-state index contributed by atoms with van der Waals surface area (Å²) in [7, 11) is 1.82. The molecule has 3 heterocycles. The molecule has 4 aliphatic rings. The van der Waals surface area contributed by atoms with Crippen LogP contribution in [0.1, 0.15) is 66.3 Å². The summed E-state index contributed by atoms with van der Waals surface area (Å²) in [6.07, 6.45) is 8.37. The highest BCUT2D eigenvalue weighted by Crippen LogP contribution is 2.51. The van der Waals surface area contributed by atoms with Crippen molar-refractivity contribution in [1.82, 2.24) is 4.98 Å². The van der Waals surface area contributed by atoms with Gasteiger partial charge >= 0.3 is 0 Å². The van der Waals surface area contributed by atoms with Crippen LogP contribution in [0.2, 0.25) is 0 Å². The summed E-state index contributed by atoms with van der Waals surface area (Å²) < 4.78 is 11.7. The molecular formula is C30H42N4O3. The second-order valence-electron chi connectivity index (χ2n) is 12.6. The van der Waals surface area contributed by atoms with Crippen molar-refractivity contribution in [2.45, 2.75) is 83.6 Å². The molecule has 1 amide bonds. The molecule has 2 saturated carbocycles. The molecule has 0 bridgehead atoms. The molecule has 7 heteroatoms. The summed E-state index contributed by atoms with van der Waals surface area (Å²) in [4.78, 5) is 23.1. The van der Waals surface area contributed by atoms with Crippen LogP contribution < -0.4 is 15.1 Å². The topological polar surface area (TPSA) is 66.9 Å². The van der Waals surface area contributed by atoms with Crippen LogP contribution in [0.4, 0.5) is 22.9 Å². The molecule has 0 unspecified atom stereocenters. The Morgan fingerprint density at radius 1 is 1.11 bits per heavy atom. The standard InChI is InChI=1S/C30H40N4O3.H2/c1-29(2,3)37-23-10-7-20(8-11-23)28(35)34-17-21-6-5-13-31-27(21)32-25-12-9-22(14-26(25)34)33-18-30(19-33)15-24(16-30)36-4;/h5-6,9,12-14,20,23-24H,7-8,10-11,15-19H2,1-4H3,(H,31,32);1H. The van der Waals surface area contributed by atoms with Gasteiger partial charge in [0.15, 0.2) is 0 Å². The van der Waals surface area contributed by atoms with Crippen LogP contribution >= 0.6 is 0 Å². The first-order valence-electron chi connectivity index (χ1n) is 13.8. The molecule has 2 aliphatic heterocycles. The van der Waals surface area contributed by atoms with Crippen molar-refractivity contribution in [2.24, 2.45) is 11.3 Å². The van der Waals surface area contributed by atoms with Crippen molar-refractivity contribution in [2.75, 3.05) is 35.3 Å². The molecule has 200 valence electrons. The minimum absolute atomic E-state index is 0. The van der Waals surface area contributed by atoms with Gasteiger partial charge in [-0.2, -0.15) is 0 Å². The van der Waals surface area contributed by atoms with E-state index in [0.717, 1.165) is 74.4 Å². The van der Waals surface area contributed by atoms with E-state index in [4.69, 9.17) is 9.47 Å². The maximum absolute atomic E-state index is 14.1. The van der Waals surface area contributed by atoms with E-state index < -0.39 is 0 Å². The maximum Gasteiger partial charge on any atom is 0.230 e. The summed E-state index contributed by atoms with van der Waals surface area (Å²) in [5, 5.41) is 3.52. The average Bonchev–Trinajstić information content (AvgIpc) is 2.98. The third-order valence-electron chi connectivity index (χ3n) is 8.63. The predicted molar refractivity (Wildman–Crippen MR) is 149 cm³/mol. The Morgan fingerprint density at radius 3 is 2.57 bits per heavy atom. The number of nitrogens with zero attached hydrogens (tertiary/aromatic N) is 3. The average molecular weight is 507 g/mol. The van der Waals surface area contributed by atoms with Gasteiger partial charge < -0.3 is 24.6 Å². The number of carbonyl (C=O) groups is 1. The molecule has 3 fully saturated rings. The lowest BCUT2D eigenvalue weighted by Gasteiger charge is -2.59.